The molecule has 1 saturated carbocycles. The van der Waals surface area contributed by atoms with Gasteiger partial charge in [-0.25, -0.2) is 0 Å². The first-order valence-corrected chi connectivity index (χ1v) is 7.11. The number of nitrogen functional groups attached to an aromatic ring is 1. The molecule has 1 heterocycles. The van der Waals surface area contributed by atoms with Crippen LogP contribution in [0.3, 0.4) is 0 Å². The molecule has 2 fully saturated rings. The zero-order valence-corrected chi connectivity index (χ0v) is 11.3. The molecule has 0 radical (unpaired) electrons. The SMILES string of the molecule is Nc1cc(C(F)(F)F)ccc1N1CC2(CCCCC2)C1. The summed E-state index contributed by atoms with van der Waals surface area (Å²) in [5.74, 6) is 0. The van der Waals surface area contributed by atoms with Crippen LogP contribution in [-0.2, 0) is 6.18 Å². The van der Waals surface area contributed by atoms with Crippen LogP contribution in [0.2, 0.25) is 0 Å². The minimum atomic E-state index is -4.33. The number of halogens is 3. The number of hydrogen-bond acceptors (Lipinski definition) is 2. The van der Waals surface area contributed by atoms with Gasteiger partial charge in [-0.3, -0.25) is 0 Å². The van der Waals surface area contributed by atoms with E-state index in [9.17, 15) is 13.2 Å². The summed E-state index contributed by atoms with van der Waals surface area (Å²) in [5.41, 5.74) is 6.50. The Balaban J connectivity index is 1.73. The van der Waals surface area contributed by atoms with Gasteiger partial charge in [0.15, 0.2) is 0 Å². The normalized spacial score (nSPS) is 21.9. The number of benzene rings is 1. The van der Waals surface area contributed by atoms with Crippen molar-refractivity contribution in [3.63, 3.8) is 0 Å². The summed E-state index contributed by atoms with van der Waals surface area (Å²) in [4.78, 5) is 2.11. The number of anilines is 2. The Morgan fingerprint density at radius 1 is 1.05 bits per heavy atom. The predicted molar refractivity (Wildman–Crippen MR) is 73.6 cm³/mol. The van der Waals surface area contributed by atoms with E-state index in [0.29, 0.717) is 5.41 Å². The molecule has 5 heteroatoms. The molecule has 3 rings (SSSR count). The van der Waals surface area contributed by atoms with Crippen molar-refractivity contribution in [1.82, 2.24) is 0 Å². The number of hydrogen-bond donors (Lipinski definition) is 1. The molecule has 1 aromatic rings. The number of alkyl halides is 3. The van der Waals surface area contributed by atoms with Gasteiger partial charge in [0.1, 0.15) is 0 Å². The summed E-state index contributed by atoms with van der Waals surface area (Å²) in [7, 11) is 0. The second kappa shape index (κ2) is 4.57. The average Bonchev–Trinajstić information content (AvgIpc) is 2.36. The van der Waals surface area contributed by atoms with Crippen molar-refractivity contribution in [3.8, 4) is 0 Å². The lowest BCUT2D eigenvalue weighted by molar-refractivity contribution is -0.137. The number of rotatable bonds is 1. The quantitative estimate of drug-likeness (QED) is 0.788. The highest BCUT2D eigenvalue weighted by molar-refractivity contribution is 5.70. The fourth-order valence-corrected chi connectivity index (χ4v) is 3.57. The molecule has 2 nitrogen and oxygen atoms in total. The van der Waals surface area contributed by atoms with E-state index in [2.05, 4.69) is 4.90 Å². The van der Waals surface area contributed by atoms with E-state index in [-0.39, 0.29) is 5.69 Å². The summed E-state index contributed by atoms with van der Waals surface area (Å²) in [6.07, 6.45) is 2.01. The number of nitrogens with two attached hydrogens (primary N) is 1. The second-order valence-electron chi connectivity index (χ2n) is 6.19. The first-order chi connectivity index (χ1) is 9.40. The summed E-state index contributed by atoms with van der Waals surface area (Å²) >= 11 is 0. The molecule has 0 amide bonds. The van der Waals surface area contributed by atoms with Crippen molar-refractivity contribution >= 4 is 11.4 Å². The van der Waals surface area contributed by atoms with Gasteiger partial charge in [-0.05, 0) is 31.0 Å². The molecule has 1 spiro atoms. The van der Waals surface area contributed by atoms with E-state index in [4.69, 9.17) is 5.73 Å². The Kier molecular flexibility index (Phi) is 3.10. The second-order valence-corrected chi connectivity index (χ2v) is 6.19. The van der Waals surface area contributed by atoms with Crippen LogP contribution in [0.25, 0.3) is 0 Å². The molecular formula is C15H19F3N2. The fourth-order valence-electron chi connectivity index (χ4n) is 3.57. The van der Waals surface area contributed by atoms with Crippen molar-refractivity contribution in [2.75, 3.05) is 23.7 Å². The van der Waals surface area contributed by atoms with Gasteiger partial charge in [0.05, 0.1) is 16.9 Å². The van der Waals surface area contributed by atoms with Crippen LogP contribution in [0.1, 0.15) is 37.7 Å². The molecule has 20 heavy (non-hydrogen) atoms. The minimum Gasteiger partial charge on any atom is -0.397 e. The van der Waals surface area contributed by atoms with Crippen LogP contribution in [0, 0.1) is 5.41 Å². The highest BCUT2D eigenvalue weighted by Crippen LogP contribution is 2.47. The maximum absolute atomic E-state index is 12.6. The largest absolute Gasteiger partial charge is 0.416 e. The van der Waals surface area contributed by atoms with Gasteiger partial charge in [-0.1, -0.05) is 19.3 Å². The van der Waals surface area contributed by atoms with Crippen LogP contribution in [0.4, 0.5) is 24.5 Å². The molecular weight excluding hydrogens is 265 g/mol. The van der Waals surface area contributed by atoms with Gasteiger partial charge in [0.25, 0.3) is 0 Å². The molecule has 0 unspecified atom stereocenters. The summed E-state index contributed by atoms with van der Waals surface area (Å²) in [6, 6.07) is 3.67. The highest BCUT2D eigenvalue weighted by atomic mass is 19.4. The average molecular weight is 284 g/mol. The van der Waals surface area contributed by atoms with E-state index >= 15 is 0 Å². The minimum absolute atomic E-state index is 0.227. The van der Waals surface area contributed by atoms with E-state index < -0.39 is 11.7 Å². The standard InChI is InChI=1S/C15H19F3N2/c16-15(17,18)11-4-5-13(12(19)8-11)20-9-14(10-20)6-2-1-3-7-14/h4-5,8H,1-3,6-7,9-10,19H2. The topological polar surface area (TPSA) is 29.3 Å². The van der Waals surface area contributed by atoms with Gasteiger partial charge >= 0.3 is 6.18 Å². The first-order valence-electron chi connectivity index (χ1n) is 7.11. The molecule has 1 aliphatic heterocycles. The molecule has 2 N–H and O–H groups in total. The van der Waals surface area contributed by atoms with Crippen molar-refractivity contribution in [2.24, 2.45) is 5.41 Å². The molecule has 0 bridgehead atoms. The van der Waals surface area contributed by atoms with Gasteiger partial charge in [0.2, 0.25) is 0 Å². The van der Waals surface area contributed by atoms with E-state index in [1.807, 2.05) is 0 Å². The summed E-state index contributed by atoms with van der Waals surface area (Å²) in [5, 5.41) is 0. The molecule has 2 aliphatic rings. The van der Waals surface area contributed by atoms with Crippen LogP contribution in [-0.4, -0.2) is 13.1 Å². The Morgan fingerprint density at radius 2 is 1.70 bits per heavy atom. The Morgan fingerprint density at radius 3 is 2.25 bits per heavy atom. The van der Waals surface area contributed by atoms with Crippen LogP contribution in [0.15, 0.2) is 18.2 Å². The Hall–Kier alpha value is -1.39. The maximum atomic E-state index is 12.6. The van der Waals surface area contributed by atoms with Gasteiger partial charge in [-0.2, -0.15) is 13.2 Å². The molecule has 1 saturated heterocycles. The van der Waals surface area contributed by atoms with Gasteiger partial charge in [-0.15, -0.1) is 0 Å². The Bertz CT molecular complexity index is 496. The Labute approximate surface area is 116 Å². The molecule has 0 atom stereocenters. The van der Waals surface area contributed by atoms with Crippen molar-refractivity contribution in [1.29, 1.82) is 0 Å². The summed E-state index contributed by atoms with van der Waals surface area (Å²) in [6.45, 7) is 1.87. The van der Waals surface area contributed by atoms with E-state index in [1.165, 1.54) is 38.2 Å². The lowest BCUT2D eigenvalue weighted by atomic mass is 9.68. The highest BCUT2D eigenvalue weighted by Gasteiger charge is 2.44. The van der Waals surface area contributed by atoms with E-state index in [0.717, 1.165) is 30.9 Å². The smallest absolute Gasteiger partial charge is 0.397 e. The third-order valence-corrected chi connectivity index (χ3v) is 4.66. The fraction of sp³-hybridized carbons (Fsp3) is 0.600. The van der Waals surface area contributed by atoms with E-state index in [1.54, 1.807) is 0 Å². The van der Waals surface area contributed by atoms with Crippen molar-refractivity contribution in [2.45, 2.75) is 38.3 Å². The van der Waals surface area contributed by atoms with Gasteiger partial charge in [0, 0.05) is 18.5 Å². The molecule has 1 aliphatic carbocycles. The van der Waals surface area contributed by atoms with Crippen molar-refractivity contribution < 1.29 is 13.2 Å². The lowest BCUT2D eigenvalue weighted by Gasteiger charge is -2.53. The van der Waals surface area contributed by atoms with Crippen LogP contribution in [0.5, 0.6) is 0 Å². The molecule has 110 valence electrons. The van der Waals surface area contributed by atoms with Crippen LogP contribution < -0.4 is 10.6 Å². The van der Waals surface area contributed by atoms with Gasteiger partial charge < -0.3 is 10.6 Å². The third-order valence-electron chi connectivity index (χ3n) is 4.66. The first kappa shape index (κ1) is 13.6. The molecule has 1 aromatic carbocycles. The molecule has 0 aromatic heterocycles. The maximum Gasteiger partial charge on any atom is 0.416 e. The number of nitrogens with zero attached hydrogens (tertiary/aromatic N) is 1. The monoisotopic (exact) mass is 284 g/mol. The third kappa shape index (κ3) is 2.34. The predicted octanol–water partition coefficient (Wildman–Crippen LogP) is 4.06. The van der Waals surface area contributed by atoms with Crippen LogP contribution >= 0.6 is 0 Å². The summed E-state index contributed by atoms with van der Waals surface area (Å²) < 4.78 is 37.8. The zero-order chi connectivity index (χ0) is 14.4. The lowest BCUT2D eigenvalue weighted by Crippen LogP contribution is -2.57. The van der Waals surface area contributed by atoms with Crippen molar-refractivity contribution in [3.05, 3.63) is 23.8 Å². The zero-order valence-electron chi connectivity index (χ0n) is 11.3.